The van der Waals surface area contributed by atoms with Crippen molar-refractivity contribution in [3.8, 4) is 0 Å². The summed E-state index contributed by atoms with van der Waals surface area (Å²) in [5.74, 6) is 0.877. The van der Waals surface area contributed by atoms with Gasteiger partial charge >= 0.3 is 0 Å². The summed E-state index contributed by atoms with van der Waals surface area (Å²) in [6.07, 6.45) is 7.24. The molecule has 0 amide bonds. The summed E-state index contributed by atoms with van der Waals surface area (Å²) in [6.45, 7) is 5.30. The van der Waals surface area contributed by atoms with Crippen LogP contribution >= 0.6 is 0 Å². The molecule has 2 heterocycles. The molecule has 4 nitrogen and oxygen atoms in total. The Labute approximate surface area is 109 Å². The van der Waals surface area contributed by atoms with Crippen molar-refractivity contribution < 1.29 is 0 Å². The molecule has 4 heteroatoms. The summed E-state index contributed by atoms with van der Waals surface area (Å²) in [7, 11) is 0. The Hall–Kier alpha value is -1.00. The molecule has 1 saturated heterocycles. The van der Waals surface area contributed by atoms with Crippen LogP contribution in [0, 0.1) is 6.92 Å². The molecule has 1 N–H and O–H groups in total. The Balaban J connectivity index is 1.62. The lowest BCUT2D eigenvalue weighted by atomic mass is 10.2. The second-order valence-electron chi connectivity index (χ2n) is 5.55. The third-order valence-corrected chi connectivity index (χ3v) is 3.88. The number of nitrogens with one attached hydrogen (secondary N) is 1. The Morgan fingerprint density at radius 2 is 2.28 bits per heavy atom. The maximum Gasteiger partial charge on any atom is 0.125 e. The molecule has 98 valence electrons. The van der Waals surface area contributed by atoms with E-state index in [4.69, 9.17) is 0 Å². The maximum absolute atomic E-state index is 4.52. The molecule has 1 aromatic rings. The molecule has 1 aliphatic carbocycles. The zero-order chi connectivity index (χ0) is 12.4. The van der Waals surface area contributed by atoms with Crippen molar-refractivity contribution in [2.24, 2.45) is 0 Å². The van der Waals surface area contributed by atoms with E-state index in [0.29, 0.717) is 6.04 Å². The van der Waals surface area contributed by atoms with Gasteiger partial charge in [-0.1, -0.05) is 0 Å². The van der Waals surface area contributed by atoms with Gasteiger partial charge in [-0.05, 0) is 45.2 Å². The van der Waals surface area contributed by atoms with Crippen LogP contribution in [0.1, 0.15) is 37.2 Å². The second-order valence-corrected chi connectivity index (χ2v) is 5.55. The van der Waals surface area contributed by atoms with Crippen LogP contribution in [0.5, 0.6) is 0 Å². The average Bonchev–Trinajstić information content (AvgIpc) is 3.08. The molecule has 0 radical (unpaired) electrons. The average molecular weight is 246 g/mol. The van der Waals surface area contributed by atoms with E-state index >= 15 is 0 Å². The number of rotatable bonds is 5. The van der Waals surface area contributed by atoms with Gasteiger partial charge in [-0.3, -0.25) is 4.90 Å². The first-order valence-corrected chi connectivity index (χ1v) is 7.07. The molecule has 3 rings (SSSR count). The molecule has 0 bridgehead atoms. The van der Waals surface area contributed by atoms with Crippen molar-refractivity contribution in [1.82, 2.24) is 20.2 Å². The van der Waals surface area contributed by atoms with Crippen molar-refractivity contribution in [2.75, 3.05) is 13.1 Å². The van der Waals surface area contributed by atoms with E-state index in [-0.39, 0.29) is 0 Å². The lowest BCUT2D eigenvalue weighted by molar-refractivity contribution is 0.228. The van der Waals surface area contributed by atoms with Crippen LogP contribution in [0.25, 0.3) is 0 Å². The van der Waals surface area contributed by atoms with Crippen molar-refractivity contribution in [3.63, 3.8) is 0 Å². The number of hydrogen-bond donors (Lipinski definition) is 1. The molecule has 1 unspecified atom stereocenters. The van der Waals surface area contributed by atoms with Crippen LogP contribution in [0.3, 0.4) is 0 Å². The van der Waals surface area contributed by atoms with Gasteiger partial charge in [0, 0.05) is 31.4 Å². The van der Waals surface area contributed by atoms with Gasteiger partial charge < -0.3 is 5.32 Å². The predicted molar refractivity (Wildman–Crippen MR) is 71.2 cm³/mol. The van der Waals surface area contributed by atoms with Crippen LogP contribution in [-0.4, -0.2) is 40.0 Å². The van der Waals surface area contributed by atoms with E-state index in [1.165, 1.54) is 38.8 Å². The monoisotopic (exact) mass is 246 g/mol. The van der Waals surface area contributed by atoms with Crippen molar-refractivity contribution >= 4 is 0 Å². The highest BCUT2D eigenvalue weighted by molar-refractivity contribution is 5.03. The molecule has 1 atom stereocenters. The molecular weight excluding hydrogens is 224 g/mol. The van der Waals surface area contributed by atoms with E-state index in [9.17, 15) is 0 Å². The Bertz CT molecular complexity index is 397. The first-order valence-electron chi connectivity index (χ1n) is 7.07. The van der Waals surface area contributed by atoms with E-state index in [0.717, 1.165) is 24.1 Å². The summed E-state index contributed by atoms with van der Waals surface area (Å²) in [5, 5.41) is 3.59. The minimum Gasteiger partial charge on any atom is -0.313 e. The first-order chi connectivity index (χ1) is 8.81. The molecule has 1 saturated carbocycles. The largest absolute Gasteiger partial charge is 0.313 e. The van der Waals surface area contributed by atoms with Crippen molar-refractivity contribution in [2.45, 2.75) is 51.2 Å². The number of aryl methyl sites for hydroxylation is 1. The Morgan fingerprint density at radius 1 is 1.39 bits per heavy atom. The highest BCUT2D eigenvalue weighted by Crippen LogP contribution is 2.28. The summed E-state index contributed by atoms with van der Waals surface area (Å²) in [5.41, 5.74) is 1.16. The van der Waals surface area contributed by atoms with E-state index < -0.39 is 0 Å². The number of hydrogen-bond acceptors (Lipinski definition) is 4. The molecule has 18 heavy (non-hydrogen) atoms. The molecule has 0 spiro atoms. The molecule has 1 aliphatic heterocycles. The summed E-state index contributed by atoms with van der Waals surface area (Å²) in [4.78, 5) is 11.3. The molecular formula is C14H22N4. The van der Waals surface area contributed by atoms with Gasteiger partial charge in [0.05, 0.1) is 5.69 Å². The fourth-order valence-electron chi connectivity index (χ4n) is 2.78. The molecule has 0 aromatic carbocycles. The third kappa shape index (κ3) is 3.06. The quantitative estimate of drug-likeness (QED) is 0.855. The van der Waals surface area contributed by atoms with E-state index in [2.05, 4.69) is 20.2 Å². The third-order valence-electron chi connectivity index (χ3n) is 3.88. The predicted octanol–water partition coefficient (Wildman–Crippen LogP) is 1.50. The van der Waals surface area contributed by atoms with E-state index in [1.807, 2.05) is 19.2 Å². The van der Waals surface area contributed by atoms with Crippen molar-refractivity contribution in [3.05, 3.63) is 23.8 Å². The lowest BCUT2D eigenvalue weighted by Crippen LogP contribution is -2.38. The summed E-state index contributed by atoms with van der Waals surface area (Å²) < 4.78 is 0. The highest BCUT2D eigenvalue weighted by Gasteiger charge is 2.31. The first kappa shape index (κ1) is 12.1. The second kappa shape index (κ2) is 5.33. The number of aromatic nitrogens is 2. The fraction of sp³-hybridized carbons (Fsp3) is 0.714. The molecule has 1 aromatic heterocycles. The van der Waals surface area contributed by atoms with Crippen LogP contribution in [0.2, 0.25) is 0 Å². The zero-order valence-electron chi connectivity index (χ0n) is 11.1. The van der Waals surface area contributed by atoms with Gasteiger partial charge in [0.1, 0.15) is 5.82 Å². The Kier molecular flexibility index (Phi) is 3.57. The van der Waals surface area contributed by atoms with E-state index in [1.54, 1.807) is 0 Å². The van der Waals surface area contributed by atoms with Crippen LogP contribution in [0.4, 0.5) is 0 Å². The van der Waals surface area contributed by atoms with Gasteiger partial charge in [0.15, 0.2) is 0 Å². The fourth-order valence-corrected chi connectivity index (χ4v) is 2.78. The summed E-state index contributed by atoms with van der Waals surface area (Å²) in [6, 6.07) is 3.53. The van der Waals surface area contributed by atoms with Gasteiger partial charge in [-0.2, -0.15) is 0 Å². The molecule has 2 aliphatic rings. The summed E-state index contributed by atoms with van der Waals surface area (Å²) >= 11 is 0. The minimum atomic E-state index is 0.688. The van der Waals surface area contributed by atoms with Crippen LogP contribution < -0.4 is 5.32 Å². The smallest absolute Gasteiger partial charge is 0.125 e. The molecule has 2 fully saturated rings. The minimum absolute atomic E-state index is 0.688. The normalized spacial score (nSPS) is 23.8. The topological polar surface area (TPSA) is 41.1 Å². The highest BCUT2D eigenvalue weighted by atomic mass is 15.2. The maximum atomic E-state index is 4.52. The van der Waals surface area contributed by atoms with Gasteiger partial charge in [-0.15, -0.1) is 0 Å². The standard InChI is InChI=1S/C14H22N4/c1-11-15-8-6-13(17-11)10-18(14-4-5-14)9-12-3-2-7-16-12/h6,8,12,14,16H,2-5,7,9-10H2,1H3. The zero-order valence-corrected chi connectivity index (χ0v) is 11.1. The van der Waals surface area contributed by atoms with Gasteiger partial charge in [-0.25, -0.2) is 9.97 Å². The lowest BCUT2D eigenvalue weighted by Gasteiger charge is -2.25. The SMILES string of the molecule is Cc1nccc(CN(CC2CCCN2)C2CC2)n1. The van der Waals surface area contributed by atoms with Crippen molar-refractivity contribution in [1.29, 1.82) is 0 Å². The Morgan fingerprint density at radius 3 is 2.94 bits per heavy atom. The van der Waals surface area contributed by atoms with Crippen LogP contribution in [-0.2, 0) is 6.54 Å². The van der Waals surface area contributed by atoms with Gasteiger partial charge in [0.2, 0.25) is 0 Å². The van der Waals surface area contributed by atoms with Gasteiger partial charge in [0.25, 0.3) is 0 Å². The van der Waals surface area contributed by atoms with Crippen LogP contribution in [0.15, 0.2) is 12.3 Å². The number of nitrogens with zero attached hydrogens (tertiary/aromatic N) is 3.